The predicted molar refractivity (Wildman–Crippen MR) is 109 cm³/mol. The van der Waals surface area contributed by atoms with Crippen molar-refractivity contribution in [2.75, 3.05) is 19.7 Å². The van der Waals surface area contributed by atoms with Gasteiger partial charge >= 0.3 is 0 Å². The quantitative estimate of drug-likeness (QED) is 0.799. The van der Waals surface area contributed by atoms with Crippen LogP contribution in [0.3, 0.4) is 0 Å². The minimum atomic E-state index is 0.0507. The van der Waals surface area contributed by atoms with Gasteiger partial charge in [0.15, 0.2) is 0 Å². The molecule has 1 heterocycles. The molecule has 1 atom stereocenters. The van der Waals surface area contributed by atoms with Crippen LogP contribution in [0.15, 0.2) is 54.6 Å². The standard InChI is InChI=1S/C23H30N2O2/c1-3-27-22-12-8-7-11-21(22)17-25-15-13-20(14-16-25)23(26)24-18(2)19-9-5-4-6-10-19/h4-12,18,20H,3,13-17H2,1-2H3,(H,24,26)/t18-/m1/s1. The molecule has 3 rings (SSSR count). The van der Waals surface area contributed by atoms with Gasteiger partial charge in [0.1, 0.15) is 5.75 Å². The molecule has 0 bridgehead atoms. The number of hydrogen-bond acceptors (Lipinski definition) is 3. The topological polar surface area (TPSA) is 41.6 Å². The largest absolute Gasteiger partial charge is 0.494 e. The van der Waals surface area contributed by atoms with E-state index >= 15 is 0 Å². The van der Waals surface area contributed by atoms with Crippen molar-refractivity contribution in [1.29, 1.82) is 0 Å². The number of piperidine rings is 1. The molecule has 0 spiro atoms. The summed E-state index contributed by atoms with van der Waals surface area (Å²) in [6, 6.07) is 18.4. The number of para-hydroxylation sites is 1. The van der Waals surface area contributed by atoms with Gasteiger partial charge in [-0.1, -0.05) is 48.5 Å². The van der Waals surface area contributed by atoms with Crippen LogP contribution in [0.1, 0.15) is 43.9 Å². The summed E-state index contributed by atoms with van der Waals surface area (Å²) in [5.74, 6) is 1.26. The summed E-state index contributed by atoms with van der Waals surface area (Å²) in [4.78, 5) is 15.1. The van der Waals surface area contributed by atoms with E-state index in [1.807, 2.05) is 44.2 Å². The number of carbonyl (C=O) groups excluding carboxylic acids is 1. The van der Waals surface area contributed by atoms with Crippen molar-refractivity contribution in [1.82, 2.24) is 10.2 Å². The minimum Gasteiger partial charge on any atom is -0.494 e. The molecule has 0 aromatic heterocycles. The molecule has 1 amide bonds. The van der Waals surface area contributed by atoms with Gasteiger partial charge in [-0.25, -0.2) is 0 Å². The summed E-state index contributed by atoms with van der Waals surface area (Å²) >= 11 is 0. The molecule has 1 aliphatic heterocycles. The van der Waals surface area contributed by atoms with Crippen molar-refractivity contribution in [3.8, 4) is 5.75 Å². The number of amides is 1. The molecule has 4 nitrogen and oxygen atoms in total. The first-order valence-corrected chi connectivity index (χ1v) is 9.95. The lowest BCUT2D eigenvalue weighted by Crippen LogP contribution is -2.40. The lowest BCUT2D eigenvalue weighted by atomic mass is 9.94. The molecule has 0 saturated carbocycles. The van der Waals surface area contributed by atoms with Gasteiger partial charge in [-0.15, -0.1) is 0 Å². The van der Waals surface area contributed by atoms with Gasteiger partial charge in [-0.2, -0.15) is 0 Å². The van der Waals surface area contributed by atoms with Gasteiger partial charge in [-0.05, 0) is 51.4 Å². The Morgan fingerprint density at radius 3 is 2.48 bits per heavy atom. The molecule has 1 N–H and O–H groups in total. The van der Waals surface area contributed by atoms with Crippen molar-refractivity contribution < 1.29 is 9.53 Å². The van der Waals surface area contributed by atoms with E-state index in [2.05, 4.69) is 34.5 Å². The van der Waals surface area contributed by atoms with Crippen LogP contribution >= 0.6 is 0 Å². The van der Waals surface area contributed by atoms with Crippen LogP contribution in [-0.2, 0) is 11.3 Å². The highest BCUT2D eigenvalue weighted by Gasteiger charge is 2.26. The van der Waals surface area contributed by atoms with E-state index in [0.29, 0.717) is 6.61 Å². The molecule has 1 fully saturated rings. The summed E-state index contributed by atoms with van der Waals surface area (Å²) in [5, 5.41) is 3.18. The Bertz CT molecular complexity index is 724. The number of ether oxygens (including phenoxy) is 1. The number of hydrogen-bond donors (Lipinski definition) is 1. The molecule has 2 aromatic rings. The molecule has 0 unspecified atom stereocenters. The molecular weight excluding hydrogens is 336 g/mol. The van der Waals surface area contributed by atoms with Gasteiger partial charge in [0, 0.05) is 18.0 Å². The predicted octanol–water partition coefficient (Wildman–Crippen LogP) is 4.17. The monoisotopic (exact) mass is 366 g/mol. The fourth-order valence-electron chi connectivity index (χ4n) is 3.68. The highest BCUT2D eigenvalue weighted by atomic mass is 16.5. The molecule has 27 heavy (non-hydrogen) atoms. The fraction of sp³-hybridized carbons (Fsp3) is 0.435. The van der Waals surface area contributed by atoms with E-state index in [0.717, 1.165) is 43.8 Å². The van der Waals surface area contributed by atoms with Crippen molar-refractivity contribution in [3.63, 3.8) is 0 Å². The molecule has 4 heteroatoms. The summed E-state index contributed by atoms with van der Waals surface area (Å²) in [6.07, 6.45) is 1.81. The zero-order chi connectivity index (χ0) is 19.1. The highest BCUT2D eigenvalue weighted by molar-refractivity contribution is 5.79. The van der Waals surface area contributed by atoms with E-state index in [-0.39, 0.29) is 17.9 Å². The minimum absolute atomic E-state index is 0.0507. The normalized spacial score (nSPS) is 16.7. The Morgan fingerprint density at radius 1 is 1.11 bits per heavy atom. The Hall–Kier alpha value is -2.33. The fourth-order valence-corrected chi connectivity index (χ4v) is 3.68. The average Bonchev–Trinajstić information content (AvgIpc) is 2.71. The molecule has 1 aliphatic rings. The maximum atomic E-state index is 12.6. The SMILES string of the molecule is CCOc1ccccc1CN1CCC(C(=O)N[C@H](C)c2ccccc2)CC1. The molecule has 144 valence electrons. The third-order valence-corrected chi connectivity index (χ3v) is 5.28. The van der Waals surface area contributed by atoms with Crippen LogP contribution in [0.5, 0.6) is 5.75 Å². The number of likely N-dealkylation sites (tertiary alicyclic amines) is 1. The zero-order valence-corrected chi connectivity index (χ0v) is 16.4. The van der Waals surface area contributed by atoms with Crippen molar-refractivity contribution in [2.45, 2.75) is 39.3 Å². The summed E-state index contributed by atoms with van der Waals surface area (Å²) < 4.78 is 5.73. The second-order valence-corrected chi connectivity index (χ2v) is 7.23. The van der Waals surface area contributed by atoms with E-state index < -0.39 is 0 Å². The van der Waals surface area contributed by atoms with Crippen molar-refractivity contribution >= 4 is 5.91 Å². The Morgan fingerprint density at radius 2 is 1.78 bits per heavy atom. The Labute approximate surface area is 162 Å². The number of rotatable bonds is 7. The van der Waals surface area contributed by atoms with Gasteiger partial charge in [0.25, 0.3) is 0 Å². The van der Waals surface area contributed by atoms with Crippen LogP contribution in [0.4, 0.5) is 0 Å². The number of nitrogens with zero attached hydrogens (tertiary/aromatic N) is 1. The van der Waals surface area contributed by atoms with Crippen LogP contribution in [0.2, 0.25) is 0 Å². The van der Waals surface area contributed by atoms with Crippen molar-refractivity contribution in [3.05, 3.63) is 65.7 Å². The Kier molecular flexibility index (Phi) is 6.88. The molecular formula is C23H30N2O2. The van der Waals surface area contributed by atoms with Crippen LogP contribution in [-0.4, -0.2) is 30.5 Å². The highest BCUT2D eigenvalue weighted by Crippen LogP contribution is 2.24. The average molecular weight is 367 g/mol. The zero-order valence-electron chi connectivity index (χ0n) is 16.4. The van der Waals surface area contributed by atoms with Crippen molar-refractivity contribution in [2.24, 2.45) is 5.92 Å². The van der Waals surface area contributed by atoms with Gasteiger partial charge in [-0.3, -0.25) is 9.69 Å². The lowest BCUT2D eigenvalue weighted by Gasteiger charge is -2.32. The summed E-state index contributed by atoms with van der Waals surface area (Å²) in [5.41, 5.74) is 2.37. The van der Waals surface area contributed by atoms with E-state index in [1.165, 1.54) is 5.56 Å². The molecule has 1 saturated heterocycles. The van der Waals surface area contributed by atoms with Gasteiger partial charge in [0.2, 0.25) is 5.91 Å². The van der Waals surface area contributed by atoms with Gasteiger partial charge < -0.3 is 10.1 Å². The second kappa shape index (κ2) is 9.56. The summed E-state index contributed by atoms with van der Waals surface area (Å²) in [6.45, 7) is 7.50. The third kappa shape index (κ3) is 5.33. The van der Waals surface area contributed by atoms with Crippen LogP contribution < -0.4 is 10.1 Å². The maximum absolute atomic E-state index is 12.6. The summed E-state index contributed by atoms with van der Waals surface area (Å²) in [7, 11) is 0. The van der Waals surface area contributed by atoms with Crippen LogP contribution in [0.25, 0.3) is 0 Å². The molecule has 0 radical (unpaired) electrons. The second-order valence-electron chi connectivity index (χ2n) is 7.23. The lowest BCUT2D eigenvalue weighted by molar-refractivity contribution is -0.127. The van der Waals surface area contributed by atoms with Gasteiger partial charge in [0.05, 0.1) is 12.6 Å². The van der Waals surface area contributed by atoms with E-state index in [4.69, 9.17) is 4.74 Å². The number of carbonyl (C=O) groups is 1. The van der Waals surface area contributed by atoms with E-state index in [9.17, 15) is 4.79 Å². The first-order chi connectivity index (χ1) is 13.2. The molecule has 2 aromatic carbocycles. The smallest absolute Gasteiger partial charge is 0.223 e. The number of benzene rings is 2. The third-order valence-electron chi connectivity index (χ3n) is 5.28. The first-order valence-electron chi connectivity index (χ1n) is 9.95. The molecule has 0 aliphatic carbocycles. The maximum Gasteiger partial charge on any atom is 0.223 e. The number of nitrogens with one attached hydrogen (secondary N) is 1. The first kappa shape index (κ1) is 19.4. The van der Waals surface area contributed by atoms with E-state index in [1.54, 1.807) is 0 Å². The van der Waals surface area contributed by atoms with Crippen LogP contribution in [0, 0.1) is 5.92 Å². The Balaban J connectivity index is 1.49.